The second kappa shape index (κ2) is 5.35. The second-order valence-electron chi connectivity index (χ2n) is 3.00. The molecule has 2 heteroatoms. The van der Waals surface area contributed by atoms with Crippen LogP contribution >= 0.6 is 22.6 Å². The van der Waals surface area contributed by atoms with Crippen LogP contribution < -0.4 is 5.32 Å². The van der Waals surface area contributed by atoms with Crippen molar-refractivity contribution in [2.45, 2.75) is 38.6 Å². The molecule has 62 valence electrons. The van der Waals surface area contributed by atoms with Crippen LogP contribution in [0.4, 0.5) is 0 Å². The lowest BCUT2D eigenvalue weighted by molar-refractivity contribution is 0.346. The van der Waals surface area contributed by atoms with Crippen LogP contribution in [0.3, 0.4) is 0 Å². The number of halogens is 1. The van der Waals surface area contributed by atoms with E-state index in [1.165, 1.54) is 23.7 Å². The van der Waals surface area contributed by atoms with E-state index in [0.717, 1.165) is 0 Å². The van der Waals surface area contributed by atoms with Gasteiger partial charge < -0.3 is 5.32 Å². The van der Waals surface area contributed by atoms with Crippen LogP contribution in [0.5, 0.6) is 0 Å². The Morgan fingerprint density at radius 1 is 1.40 bits per heavy atom. The fourth-order valence-corrected chi connectivity index (χ4v) is 2.33. The molecule has 0 saturated carbocycles. The van der Waals surface area contributed by atoms with Crippen LogP contribution in [0.2, 0.25) is 0 Å². The van der Waals surface area contributed by atoms with Crippen molar-refractivity contribution in [1.82, 2.24) is 5.32 Å². The maximum Gasteiger partial charge on any atom is 0.0157 e. The molecule has 10 heavy (non-hydrogen) atoms. The van der Waals surface area contributed by atoms with Crippen LogP contribution in [0.25, 0.3) is 0 Å². The SMILES string of the molecule is CCCC(C)(CCI)NC. The summed E-state index contributed by atoms with van der Waals surface area (Å²) in [4.78, 5) is 0. The third-order valence-corrected chi connectivity index (χ3v) is 2.59. The van der Waals surface area contributed by atoms with E-state index in [0.29, 0.717) is 5.54 Å². The highest BCUT2D eigenvalue weighted by atomic mass is 127. The standard InChI is InChI=1S/C8H18IN/c1-4-5-8(2,10-3)6-7-9/h10H,4-7H2,1-3H3. The summed E-state index contributed by atoms with van der Waals surface area (Å²) in [7, 11) is 2.06. The van der Waals surface area contributed by atoms with Gasteiger partial charge in [0.15, 0.2) is 0 Å². The predicted octanol–water partition coefficient (Wildman–Crippen LogP) is 2.59. The molecule has 1 unspecified atom stereocenters. The molecule has 0 aromatic rings. The molecule has 1 N–H and O–H groups in total. The lowest BCUT2D eigenvalue weighted by atomic mass is 9.94. The molecule has 0 aliphatic heterocycles. The Morgan fingerprint density at radius 2 is 2.00 bits per heavy atom. The van der Waals surface area contributed by atoms with Gasteiger partial charge in [-0.1, -0.05) is 35.9 Å². The Kier molecular flexibility index (Phi) is 5.72. The highest BCUT2D eigenvalue weighted by Gasteiger charge is 2.18. The normalized spacial score (nSPS) is 16.8. The van der Waals surface area contributed by atoms with Crippen molar-refractivity contribution in [3.05, 3.63) is 0 Å². The molecule has 0 aliphatic carbocycles. The quantitative estimate of drug-likeness (QED) is 0.588. The molecule has 0 aliphatic rings. The molecular formula is C8H18IN. The lowest BCUT2D eigenvalue weighted by Gasteiger charge is -2.27. The van der Waals surface area contributed by atoms with E-state index >= 15 is 0 Å². The van der Waals surface area contributed by atoms with Gasteiger partial charge in [0.1, 0.15) is 0 Å². The van der Waals surface area contributed by atoms with Gasteiger partial charge >= 0.3 is 0 Å². The van der Waals surface area contributed by atoms with Gasteiger partial charge in [0, 0.05) is 9.97 Å². The molecule has 1 atom stereocenters. The van der Waals surface area contributed by atoms with E-state index in [2.05, 4.69) is 48.8 Å². The minimum absolute atomic E-state index is 0.385. The molecule has 0 bridgehead atoms. The molecule has 0 saturated heterocycles. The van der Waals surface area contributed by atoms with E-state index in [1.54, 1.807) is 0 Å². The Labute approximate surface area is 78.1 Å². The summed E-state index contributed by atoms with van der Waals surface area (Å²) < 4.78 is 1.25. The van der Waals surface area contributed by atoms with Crippen molar-refractivity contribution in [2.75, 3.05) is 11.5 Å². The van der Waals surface area contributed by atoms with Gasteiger partial charge in [0.25, 0.3) is 0 Å². The van der Waals surface area contributed by atoms with E-state index in [4.69, 9.17) is 0 Å². The zero-order chi connectivity index (χ0) is 8.04. The summed E-state index contributed by atoms with van der Waals surface area (Å²) in [6.07, 6.45) is 3.83. The van der Waals surface area contributed by atoms with Crippen molar-refractivity contribution in [1.29, 1.82) is 0 Å². The van der Waals surface area contributed by atoms with Crippen LogP contribution in [0.15, 0.2) is 0 Å². The Morgan fingerprint density at radius 3 is 2.30 bits per heavy atom. The zero-order valence-corrected chi connectivity index (χ0v) is 9.36. The Bertz CT molecular complexity index is 77.3. The summed E-state index contributed by atoms with van der Waals surface area (Å²) in [6.45, 7) is 4.54. The van der Waals surface area contributed by atoms with Crippen LogP contribution in [0, 0.1) is 0 Å². The smallest absolute Gasteiger partial charge is 0.0157 e. The van der Waals surface area contributed by atoms with Crippen molar-refractivity contribution in [3.8, 4) is 0 Å². The Hall–Kier alpha value is 0.690. The van der Waals surface area contributed by atoms with Crippen LogP contribution in [0.1, 0.15) is 33.1 Å². The molecule has 0 spiro atoms. The Balaban J connectivity index is 3.69. The number of nitrogens with one attached hydrogen (secondary N) is 1. The number of alkyl halides is 1. The first-order chi connectivity index (χ1) is 4.68. The largest absolute Gasteiger partial charge is 0.315 e. The van der Waals surface area contributed by atoms with E-state index < -0.39 is 0 Å². The number of hydrogen-bond acceptors (Lipinski definition) is 1. The molecule has 0 heterocycles. The van der Waals surface area contributed by atoms with Gasteiger partial charge in [-0.2, -0.15) is 0 Å². The molecule has 1 nitrogen and oxygen atoms in total. The number of rotatable bonds is 5. The van der Waals surface area contributed by atoms with E-state index in [-0.39, 0.29) is 0 Å². The monoisotopic (exact) mass is 255 g/mol. The maximum atomic E-state index is 3.38. The third kappa shape index (κ3) is 3.76. The molecule has 0 radical (unpaired) electrons. The highest BCUT2D eigenvalue weighted by molar-refractivity contribution is 14.1. The van der Waals surface area contributed by atoms with Gasteiger partial charge in [-0.25, -0.2) is 0 Å². The average molecular weight is 255 g/mol. The van der Waals surface area contributed by atoms with Crippen LogP contribution in [-0.4, -0.2) is 17.0 Å². The topological polar surface area (TPSA) is 12.0 Å². The van der Waals surface area contributed by atoms with Gasteiger partial charge in [0.05, 0.1) is 0 Å². The summed E-state index contributed by atoms with van der Waals surface area (Å²) >= 11 is 2.44. The van der Waals surface area contributed by atoms with Crippen molar-refractivity contribution < 1.29 is 0 Å². The fourth-order valence-electron chi connectivity index (χ4n) is 1.14. The van der Waals surface area contributed by atoms with Crippen molar-refractivity contribution in [3.63, 3.8) is 0 Å². The first-order valence-electron chi connectivity index (χ1n) is 3.93. The van der Waals surface area contributed by atoms with E-state index in [9.17, 15) is 0 Å². The zero-order valence-electron chi connectivity index (χ0n) is 7.21. The van der Waals surface area contributed by atoms with Gasteiger partial charge in [-0.15, -0.1) is 0 Å². The summed E-state index contributed by atoms with van der Waals surface area (Å²) in [6, 6.07) is 0. The molecule has 0 amide bonds. The van der Waals surface area contributed by atoms with Crippen molar-refractivity contribution >= 4 is 22.6 Å². The minimum atomic E-state index is 0.385. The summed E-state index contributed by atoms with van der Waals surface area (Å²) in [5, 5.41) is 3.38. The van der Waals surface area contributed by atoms with Gasteiger partial charge in [-0.05, 0) is 26.8 Å². The first kappa shape index (κ1) is 10.7. The average Bonchev–Trinajstić information content (AvgIpc) is 1.89. The highest BCUT2D eigenvalue weighted by Crippen LogP contribution is 2.16. The molecule has 0 fully saturated rings. The van der Waals surface area contributed by atoms with Crippen molar-refractivity contribution in [2.24, 2.45) is 0 Å². The molecule has 0 aromatic heterocycles. The number of hydrogen-bond donors (Lipinski definition) is 1. The lowest BCUT2D eigenvalue weighted by Crippen LogP contribution is -2.39. The predicted molar refractivity (Wildman–Crippen MR) is 55.9 cm³/mol. The molecular weight excluding hydrogens is 237 g/mol. The van der Waals surface area contributed by atoms with Gasteiger partial charge in [0.2, 0.25) is 0 Å². The maximum absolute atomic E-state index is 3.38. The van der Waals surface area contributed by atoms with Crippen LogP contribution in [-0.2, 0) is 0 Å². The third-order valence-electron chi connectivity index (χ3n) is 2.05. The minimum Gasteiger partial charge on any atom is -0.315 e. The molecule has 0 aromatic carbocycles. The van der Waals surface area contributed by atoms with E-state index in [1.807, 2.05) is 0 Å². The molecule has 0 rings (SSSR count). The first-order valence-corrected chi connectivity index (χ1v) is 5.46. The summed E-state index contributed by atoms with van der Waals surface area (Å²) in [5.74, 6) is 0. The fraction of sp³-hybridized carbons (Fsp3) is 1.00. The van der Waals surface area contributed by atoms with Gasteiger partial charge in [-0.3, -0.25) is 0 Å². The summed E-state index contributed by atoms with van der Waals surface area (Å²) in [5.41, 5.74) is 0.385. The second-order valence-corrected chi connectivity index (χ2v) is 4.08.